The van der Waals surface area contributed by atoms with Crippen LogP contribution >= 0.6 is 15.9 Å². The van der Waals surface area contributed by atoms with Gasteiger partial charge in [-0.2, -0.15) is 0 Å². The van der Waals surface area contributed by atoms with Gasteiger partial charge in [-0.3, -0.25) is 4.79 Å². The molecule has 0 aromatic rings. The molecule has 0 radical (unpaired) electrons. The van der Waals surface area contributed by atoms with Crippen LogP contribution in [0.25, 0.3) is 0 Å². The first-order chi connectivity index (χ1) is 4.33. The molecule has 1 amide bonds. The van der Waals surface area contributed by atoms with Crippen LogP contribution in [-0.2, 0) is 4.79 Å². The quantitative estimate of drug-likeness (QED) is 0.614. The average molecular weight is 192 g/mol. The Kier molecular flexibility index (Phi) is 2.51. The van der Waals surface area contributed by atoms with Gasteiger partial charge in [0.05, 0.1) is 0 Å². The molecule has 0 unspecified atom stereocenters. The molecule has 1 aliphatic rings. The molecular weight excluding hydrogens is 182 g/mol. The molecule has 3 heteroatoms. The zero-order chi connectivity index (χ0) is 6.69. The van der Waals surface area contributed by atoms with Crippen molar-refractivity contribution in [2.45, 2.75) is 12.8 Å². The minimum absolute atomic E-state index is 0.201. The third kappa shape index (κ3) is 1.97. The van der Waals surface area contributed by atoms with E-state index in [-0.39, 0.29) is 5.91 Å². The summed E-state index contributed by atoms with van der Waals surface area (Å²) >= 11 is 3.38. The van der Waals surface area contributed by atoms with Crippen molar-refractivity contribution in [3.05, 3.63) is 0 Å². The van der Waals surface area contributed by atoms with Crippen molar-refractivity contribution in [1.82, 2.24) is 5.32 Å². The van der Waals surface area contributed by atoms with Crippen LogP contribution in [-0.4, -0.2) is 17.8 Å². The maximum Gasteiger partial charge on any atom is 0.220 e. The summed E-state index contributed by atoms with van der Waals surface area (Å²) in [5.41, 5.74) is 0. The minimum Gasteiger partial charge on any atom is -0.356 e. The summed E-state index contributed by atoms with van der Waals surface area (Å²) < 4.78 is 0. The maximum absolute atomic E-state index is 10.6. The zero-order valence-electron chi connectivity index (χ0n) is 5.19. The molecule has 1 N–H and O–H groups in total. The van der Waals surface area contributed by atoms with Crippen LogP contribution in [0.4, 0.5) is 0 Å². The fraction of sp³-hybridized carbons (Fsp3) is 0.833. The SMILES string of the molecule is O=C1CC[C@H](CBr)CN1. The van der Waals surface area contributed by atoms with Crippen LogP contribution in [0.1, 0.15) is 12.8 Å². The fourth-order valence-electron chi connectivity index (χ4n) is 0.916. The molecule has 9 heavy (non-hydrogen) atoms. The van der Waals surface area contributed by atoms with Crippen LogP contribution in [0.5, 0.6) is 0 Å². The van der Waals surface area contributed by atoms with Crippen LogP contribution in [0.2, 0.25) is 0 Å². The Bertz CT molecular complexity index is 106. The number of amides is 1. The number of nitrogens with one attached hydrogen (secondary N) is 1. The first-order valence-corrected chi connectivity index (χ1v) is 4.27. The van der Waals surface area contributed by atoms with E-state index in [1.807, 2.05) is 0 Å². The second kappa shape index (κ2) is 3.20. The Labute approximate surface area is 63.1 Å². The summed E-state index contributed by atoms with van der Waals surface area (Å²) in [6.45, 7) is 0.851. The van der Waals surface area contributed by atoms with Gasteiger partial charge < -0.3 is 5.32 Å². The van der Waals surface area contributed by atoms with Gasteiger partial charge >= 0.3 is 0 Å². The van der Waals surface area contributed by atoms with E-state index in [0.29, 0.717) is 12.3 Å². The molecule has 1 heterocycles. The first-order valence-electron chi connectivity index (χ1n) is 3.15. The number of piperidine rings is 1. The van der Waals surface area contributed by atoms with Gasteiger partial charge in [0.25, 0.3) is 0 Å². The molecule has 1 saturated heterocycles. The van der Waals surface area contributed by atoms with Crippen LogP contribution in [0.15, 0.2) is 0 Å². The second-order valence-electron chi connectivity index (χ2n) is 2.36. The number of hydrogen-bond acceptors (Lipinski definition) is 1. The molecule has 1 atom stereocenters. The highest BCUT2D eigenvalue weighted by Gasteiger charge is 2.15. The lowest BCUT2D eigenvalue weighted by molar-refractivity contribution is -0.122. The third-order valence-corrected chi connectivity index (χ3v) is 2.50. The van der Waals surface area contributed by atoms with Crippen molar-refractivity contribution in [1.29, 1.82) is 0 Å². The average Bonchev–Trinajstić information content (AvgIpc) is 1.90. The van der Waals surface area contributed by atoms with E-state index in [2.05, 4.69) is 21.2 Å². The molecule has 0 aliphatic carbocycles. The van der Waals surface area contributed by atoms with Crippen molar-refractivity contribution < 1.29 is 4.79 Å². The normalized spacial score (nSPS) is 27.7. The van der Waals surface area contributed by atoms with E-state index in [1.54, 1.807) is 0 Å². The van der Waals surface area contributed by atoms with E-state index >= 15 is 0 Å². The van der Waals surface area contributed by atoms with Crippen molar-refractivity contribution in [3.63, 3.8) is 0 Å². The first kappa shape index (κ1) is 7.06. The predicted molar refractivity (Wildman–Crippen MR) is 39.5 cm³/mol. The van der Waals surface area contributed by atoms with Gasteiger partial charge in [-0.05, 0) is 12.3 Å². The summed E-state index contributed by atoms with van der Waals surface area (Å²) in [5, 5.41) is 3.82. The number of carbonyl (C=O) groups excluding carboxylic acids is 1. The number of alkyl halides is 1. The Morgan fingerprint density at radius 1 is 1.78 bits per heavy atom. The molecule has 1 fully saturated rings. The number of hydrogen-bond donors (Lipinski definition) is 1. The minimum atomic E-state index is 0.201. The van der Waals surface area contributed by atoms with Crippen LogP contribution < -0.4 is 5.32 Å². The van der Waals surface area contributed by atoms with Gasteiger partial charge in [0.2, 0.25) is 5.91 Å². The molecule has 2 nitrogen and oxygen atoms in total. The monoisotopic (exact) mass is 191 g/mol. The van der Waals surface area contributed by atoms with E-state index in [9.17, 15) is 4.79 Å². The lowest BCUT2D eigenvalue weighted by Crippen LogP contribution is -2.35. The molecule has 0 bridgehead atoms. The topological polar surface area (TPSA) is 29.1 Å². The Hall–Kier alpha value is -0.0500. The van der Waals surface area contributed by atoms with Crippen LogP contribution in [0.3, 0.4) is 0 Å². The Balaban J connectivity index is 2.26. The smallest absolute Gasteiger partial charge is 0.220 e. The van der Waals surface area contributed by atoms with Gasteiger partial charge in [-0.1, -0.05) is 15.9 Å². The lowest BCUT2D eigenvalue weighted by Gasteiger charge is -2.19. The van der Waals surface area contributed by atoms with Crippen molar-refractivity contribution in [2.75, 3.05) is 11.9 Å². The fourth-order valence-corrected chi connectivity index (χ4v) is 1.47. The molecule has 0 saturated carbocycles. The molecule has 1 rings (SSSR count). The van der Waals surface area contributed by atoms with Gasteiger partial charge in [0.1, 0.15) is 0 Å². The van der Waals surface area contributed by atoms with Crippen LogP contribution in [0, 0.1) is 5.92 Å². The predicted octanol–water partition coefficient (Wildman–Crippen LogP) is 0.907. The Morgan fingerprint density at radius 2 is 2.56 bits per heavy atom. The van der Waals surface area contributed by atoms with E-state index < -0.39 is 0 Å². The maximum atomic E-state index is 10.6. The number of carbonyl (C=O) groups is 1. The summed E-state index contributed by atoms with van der Waals surface area (Å²) in [6.07, 6.45) is 1.74. The third-order valence-electron chi connectivity index (χ3n) is 1.59. The largest absolute Gasteiger partial charge is 0.356 e. The second-order valence-corrected chi connectivity index (χ2v) is 3.01. The highest BCUT2D eigenvalue weighted by atomic mass is 79.9. The van der Waals surface area contributed by atoms with Gasteiger partial charge in [0.15, 0.2) is 0 Å². The Morgan fingerprint density at radius 3 is 3.00 bits per heavy atom. The van der Waals surface area contributed by atoms with Gasteiger partial charge in [-0.15, -0.1) is 0 Å². The standard InChI is InChI=1S/C6H10BrNO/c7-3-5-1-2-6(9)8-4-5/h5H,1-4H2,(H,8,9)/t5-/m1/s1. The number of halogens is 1. The molecule has 0 aromatic heterocycles. The van der Waals surface area contributed by atoms with Crippen molar-refractivity contribution in [2.24, 2.45) is 5.92 Å². The van der Waals surface area contributed by atoms with E-state index in [1.165, 1.54) is 0 Å². The van der Waals surface area contributed by atoms with Gasteiger partial charge in [0, 0.05) is 18.3 Å². The highest BCUT2D eigenvalue weighted by molar-refractivity contribution is 9.09. The molecule has 1 aliphatic heterocycles. The molecular formula is C6H10BrNO. The highest BCUT2D eigenvalue weighted by Crippen LogP contribution is 2.12. The molecule has 0 aromatic carbocycles. The molecule has 52 valence electrons. The van der Waals surface area contributed by atoms with E-state index in [4.69, 9.17) is 0 Å². The van der Waals surface area contributed by atoms with Crippen molar-refractivity contribution >= 4 is 21.8 Å². The summed E-state index contributed by atoms with van der Waals surface area (Å²) in [4.78, 5) is 10.6. The number of rotatable bonds is 1. The summed E-state index contributed by atoms with van der Waals surface area (Å²) in [7, 11) is 0. The molecule has 0 spiro atoms. The summed E-state index contributed by atoms with van der Waals surface area (Å²) in [5.74, 6) is 0.856. The van der Waals surface area contributed by atoms with Gasteiger partial charge in [-0.25, -0.2) is 0 Å². The zero-order valence-corrected chi connectivity index (χ0v) is 6.78. The van der Waals surface area contributed by atoms with Crippen molar-refractivity contribution in [3.8, 4) is 0 Å². The van der Waals surface area contributed by atoms with E-state index in [0.717, 1.165) is 18.3 Å². The summed E-state index contributed by atoms with van der Waals surface area (Å²) in [6, 6.07) is 0. The lowest BCUT2D eigenvalue weighted by atomic mass is 10.0.